The Kier molecular flexibility index (Phi) is 6.16. The zero-order valence-corrected chi connectivity index (χ0v) is 12.6. The summed E-state index contributed by atoms with van der Waals surface area (Å²) in [6, 6.07) is 5.75. The van der Waals surface area contributed by atoms with Crippen molar-refractivity contribution in [2.75, 3.05) is 18.0 Å². The summed E-state index contributed by atoms with van der Waals surface area (Å²) in [6.07, 6.45) is 1.18. The van der Waals surface area contributed by atoms with Crippen molar-refractivity contribution in [2.45, 2.75) is 33.6 Å². The van der Waals surface area contributed by atoms with E-state index >= 15 is 0 Å². The smallest absolute Gasteiger partial charge is 0.305 e. The predicted molar refractivity (Wildman–Crippen MR) is 80.1 cm³/mol. The summed E-state index contributed by atoms with van der Waals surface area (Å²) in [5, 5.41) is 9.54. The Morgan fingerprint density at radius 1 is 1.37 bits per heavy atom. The van der Waals surface area contributed by atoms with Crippen LogP contribution in [0.5, 0.6) is 0 Å². The first-order chi connectivity index (χ1) is 8.90. The van der Waals surface area contributed by atoms with Gasteiger partial charge in [0.1, 0.15) is 0 Å². The van der Waals surface area contributed by atoms with Crippen LogP contribution < -0.4 is 4.90 Å². The fourth-order valence-electron chi connectivity index (χ4n) is 1.92. The number of hydrogen-bond donors (Lipinski definition) is 1. The van der Waals surface area contributed by atoms with Crippen LogP contribution in [0.1, 0.15) is 32.3 Å². The molecule has 106 valence electrons. The van der Waals surface area contributed by atoms with Crippen LogP contribution in [0.25, 0.3) is 0 Å². The largest absolute Gasteiger partial charge is 0.481 e. The second-order valence-electron chi connectivity index (χ2n) is 5.24. The van der Waals surface area contributed by atoms with E-state index in [0.717, 1.165) is 24.2 Å². The van der Waals surface area contributed by atoms with Gasteiger partial charge in [-0.25, -0.2) is 0 Å². The van der Waals surface area contributed by atoms with Gasteiger partial charge in [-0.15, -0.1) is 0 Å². The number of nitrogens with zero attached hydrogens (tertiary/aromatic N) is 1. The first-order valence-electron chi connectivity index (χ1n) is 6.63. The molecule has 0 saturated carbocycles. The Labute approximate surface area is 120 Å². The van der Waals surface area contributed by atoms with Crippen molar-refractivity contribution in [3.05, 3.63) is 28.8 Å². The van der Waals surface area contributed by atoms with Gasteiger partial charge in [-0.3, -0.25) is 4.79 Å². The van der Waals surface area contributed by atoms with Crippen molar-refractivity contribution >= 4 is 23.3 Å². The molecule has 19 heavy (non-hydrogen) atoms. The van der Waals surface area contributed by atoms with Gasteiger partial charge in [-0.1, -0.05) is 31.5 Å². The molecule has 0 atom stereocenters. The third kappa shape index (κ3) is 5.52. The molecule has 1 rings (SSSR count). The number of hydrogen-bond acceptors (Lipinski definition) is 2. The van der Waals surface area contributed by atoms with Crippen molar-refractivity contribution in [1.82, 2.24) is 0 Å². The Balaban J connectivity index is 2.86. The standard InChI is InChI=1S/C15H22ClNO2/c1-11(2)6-8-17(9-7-15(18)19)14-10-13(16)5-4-12(14)3/h4-5,10-11H,6-9H2,1-3H3,(H,18,19). The number of anilines is 1. The molecule has 4 heteroatoms. The molecule has 0 aliphatic carbocycles. The Morgan fingerprint density at radius 2 is 2.05 bits per heavy atom. The number of carbonyl (C=O) groups is 1. The molecule has 0 aromatic heterocycles. The SMILES string of the molecule is Cc1ccc(Cl)cc1N(CCC(=O)O)CCC(C)C. The maximum absolute atomic E-state index is 10.8. The van der Waals surface area contributed by atoms with Crippen LogP contribution in [-0.4, -0.2) is 24.2 Å². The van der Waals surface area contributed by atoms with Gasteiger partial charge < -0.3 is 10.0 Å². The zero-order valence-electron chi connectivity index (χ0n) is 11.8. The minimum atomic E-state index is -0.769. The molecule has 0 heterocycles. The molecule has 1 N–H and O–H groups in total. The minimum absolute atomic E-state index is 0.143. The lowest BCUT2D eigenvalue weighted by Gasteiger charge is -2.27. The highest BCUT2D eigenvalue weighted by Crippen LogP contribution is 2.25. The van der Waals surface area contributed by atoms with Gasteiger partial charge in [0.2, 0.25) is 0 Å². The lowest BCUT2D eigenvalue weighted by atomic mass is 10.1. The van der Waals surface area contributed by atoms with Crippen molar-refractivity contribution in [2.24, 2.45) is 5.92 Å². The molecule has 0 amide bonds. The molecule has 0 saturated heterocycles. The number of halogens is 1. The van der Waals surface area contributed by atoms with Crippen molar-refractivity contribution in [3.63, 3.8) is 0 Å². The Morgan fingerprint density at radius 3 is 2.63 bits per heavy atom. The minimum Gasteiger partial charge on any atom is -0.481 e. The maximum Gasteiger partial charge on any atom is 0.305 e. The number of carboxylic acids is 1. The van der Waals surface area contributed by atoms with Gasteiger partial charge in [0, 0.05) is 23.8 Å². The second-order valence-corrected chi connectivity index (χ2v) is 5.68. The topological polar surface area (TPSA) is 40.5 Å². The molecular formula is C15H22ClNO2. The summed E-state index contributed by atoms with van der Waals surface area (Å²) in [4.78, 5) is 12.9. The summed E-state index contributed by atoms with van der Waals surface area (Å²) in [6.45, 7) is 7.73. The lowest BCUT2D eigenvalue weighted by Crippen LogP contribution is -2.28. The highest BCUT2D eigenvalue weighted by molar-refractivity contribution is 6.30. The fraction of sp³-hybridized carbons (Fsp3) is 0.533. The molecule has 0 aliphatic rings. The van der Waals surface area contributed by atoms with Gasteiger partial charge in [0.25, 0.3) is 0 Å². The van der Waals surface area contributed by atoms with Crippen molar-refractivity contribution < 1.29 is 9.90 Å². The van der Waals surface area contributed by atoms with E-state index in [2.05, 4.69) is 18.7 Å². The van der Waals surface area contributed by atoms with Crippen LogP contribution >= 0.6 is 11.6 Å². The summed E-state index contributed by atoms with van der Waals surface area (Å²) in [5.41, 5.74) is 2.16. The fourth-order valence-corrected chi connectivity index (χ4v) is 2.09. The normalized spacial score (nSPS) is 10.8. The second kappa shape index (κ2) is 7.39. The first-order valence-corrected chi connectivity index (χ1v) is 7.01. The zero-order chi connectivity index (χ0) is 14.4. The maximum atomic E-state index is 10.8. The lowest BCUT2D eigenvalue weighted by molar-refractivity contribution is -0.136. The molecule has 0 radical (unpaired) electrons. The monoisotopic (exact) mass is 283 g/mol. The van der Waals surface area contributed by atoms with Crippen LogP contribution in [0.15, 0.2) is 18.2 Å². The molecule has 0 bridgehead atoms. The number of aliphatic carboxylic acids is 1. The molecule has 3 nitrogen and oxygen atoms in total. The Bertz CT molecular complexity index is 432. The van der Waals surface area contributed by atoms with Crippen LogP contribution in [0.2, 0.25) is 5.02 Å². The van der Waals surface area contributed by atoms with Gasteiger partial charge in [-0.2, -0.15) is 0 Å². The summed E-state index contributed by atoms with van der Waals surface area (Å²) in [5.74, 6) is -0.180. The number of rotatable bonds is 7. The van der Waals surface area contributed by atoms with E-state index in [1.54, 1.807) is 0 Å². The third-order valence-electron chi connectivity index (χ3n) is 3.08. The number of benzene rings is 1. The van der Waals surface area contributed by atoms with E-state index in [0.29, 0.717) is 17.5 Å². The molecule has 0 fully saturated rings. The van der Waals surface area contributed by atoms with Gasteiger partial charge >= 0.3 is 5.97 Å². The van der Waals surface area contributed by atoms with E-state index in [1.807, 2.05) is 25.1 Å². The van der Waals surface area contributed by atoms with E-state index in [4.69, 9.17) is 16.7 Å². The summed E-state index contributed by atoms with van der Waals surface area (Å²) in [7, 11) is 0. The van der Waals surface area contributed by atoms with Gasteiger partial charge in [0.15, 0.2) is 0 Å². The molecule has 1 aromatic carbocycles. The number of aryl methyl sites for hydroxylation is 1. The molecule has 0 spiro atoms. The quantitative estimate of drug-likeness (QED) is 0.823. The number of carboxylic acid groups (broad SMARTS) is 1. The molecule has 1 aromatic rings. The third-order valence-corrected chi connectivity index (χ3v) is 3.32. The summed E-state index contributed by atoms with van der Waals surface area (Å²) >= 11 is 6.04. The average Bonchev–Trinajstić information content (AvgIpc) is 2.32. The first kappa shape index (κ1) is 15.8. The van der Waals surface area contributed by atoms with Crippen LogP contribution in [-0.2, 0) is 4.79 Å². The van der Waals surface area contributed by atoms with E-state index in [9.17, 15) is 4.79 Å². The van der Waals surface area contributed by atoms with Crippen molar-refractivity contribution in [3.8, 4) is 0 Å². The highest BCUT2D eigenvalue weighted by atomic mass is 35.5. The van der Waals surface area contributed by atoms with Crippen LogP contribution in [0.4, 0.5) is 5.69 Å². The average molecular weight is 284 g/mol. The van der Waals surface area contributed by atoms with Crippen LogP contribution in [0.3, 0.4) is 0 Å². The van der Waals surface area contributed by atoms with E-state index in [-0.39, 0.29) is 6.42 Å². The Hall–Kier alpha value is -1.22. The summed E-state index contributed by atoms with van der Waals surface area (Å²) < 4.78 is 0. The van der Waals surface area contributed by atoms with Gasteiger partial charge in [-0.05, 0) is 37.0 Å². The van der Waals surface area contributed by atoms with E-state index < -0.39 is 5.97 Å². The highest BCUT2D eigenvalue weighted by Gasteiger charge is 2.12. The van der Waals surface area contributed by atoms with Crippen LogP contribution in [0, 0.1) is 12.8 Å². The predicted octanol–water partition coefficient (Wildman–Crippen LogP) is 3.98. The van der Waals surface area contributed by atoms with Crippen molar-refractivity contribution in [1.29, 1.82) is 0 Å². The van der Waals surface area contributed by atoms with Gasteiger partial charge in [0.05, 0.1) is 6.42 Å². The molecular weight excluding hydrogens is 262 g/mol. The molecule has 0 aliphatic heterocycles. The molecule has 0 unspecified atom stereocenters. The van der Waals surface area contributed by atoms with E-state index in [1.165, 1.54) is 0 Å².